The van der Waals surface area contributed by atoms with Crippen LogP contribution in [0.5, 0.6) is 0 Å². The number of aryl methyl sites for hydroxylation is 1. The van der Waals surface area contributed by atoms with Crippen LogP contribution in [0.3, 0.4) is 0 Å². The normalized spacial score (nSPS) is 11.7. The molecule has 6 heteroatoms. The fourth-order valence-corrected chi connectivity index (χ4v) is 2.31. The van der Waals surface area contributed by atoms with Crippen molar-refractivity contribution in [3.05, 3.63) is 65.6 Å². The maximum Gasteiger partial charge on any atom is 0.416 e. The number of halogens is 4. The van der Waals surface area contributed by atoms with Gasteiger partial charge in [-0.1, -0.05) is 12.1 Å². The molecule has 0 radical (unpaired) electrons. The first-order valence-corrected chi connectivity index (χ1v) is 6.84. The molecule has 0 unspecified atom stereocenters. The van der Waals surface area contributed by atoms with E-state index in [0.717, 1.165) is 17.7 Å². The van der Waals surface area contributed by atoms with E-state index < -0.39 is 17.6 Å². The second kappa shape index (κ2) is 5.53. The summed E-state index contributed by atoms with van der Waals surface area (Å²) < 4.78 is 51.7. The molecule has 0 aliphatic carbocycles. The topological polar surface area (TPSA) is 24.9 Å². The number of rotatable bonds is 2. The molecule has 118 valence electrons. The number of anilines is 2. The summed E-state index contributed by atoms with van der Waals surface area (Å²) in [5, 5.41) is 3.58. The fourth-order valence-electron chi connectivity index (χ4n) is 2.31. The lowest BCUT2D eigenvalue weighted by Crippen LogP contribution is -2.05. The largest absolute Gasteiger partial charge is 0.416 e. The number of alkyl halides is 3. The molecule has 23 heavy (non-hydrogen) atoms. The third-order valence-electron chi connectivity index (χ3n) is 3.54. The van der Waals surface area contributed by atoms with E-state index in [2.05, 4.69) is 10.3 Å². The SMILES string of the molecule is Cc1ccc(F)cc1Nc1ccnc2cc(C(F)(F)F)ccc12. The second-order valence-electron chi connectivity index (χ2n) is 5.17. The first kappa shape index (κ1) is 15.3. The van der Waals surface area contributed by atoms with E-state index in [1.807, 2.05) is 6.92 Å². The highest BCUT2D eigenvalue weighted by Crippen LogP contribution is 2.33. The molecule has 0 amide bonds. The Morgan fingerprint density at radius 2 is 1.74 bits per heavy atom. The van der Waals surface area contributed by atoms with Gasteiger partial charge in [-0.3, -0.25) is 4.98 Å². The summed E-state index contributed by atoms with van der Waals surface area (Å²) in [4.78, 5) is 3.98. The average Bonchev–Trinajstić information content (AvgIpc) is 2.50. The van der Waals surface area contributed by atoms with Crippen molar-refractivity contribution in [2.24, 2.45) is 0 Å². The molecule has 0 bridgehead atoms. The number of nitrogens with zero attached hydrogens (tertiary/aromatic N) is 1. The molecular weight excluding hydrogens is 308 g/mol. The summed E-state index contributed by atoms with van der Waals surface area (Å²) in [6.45, 7) is 1.81. The Bertz CT molecular complexity index is 872. The van der Waals surface area contributed by atoms with Crippen molar-refractivity contribution < 1.29 is 17.6 Å². The standard InChI is InChI=1S/C17H12F4N2/c1-10-2-4-12(18)9-15(10)23-14-6-7-22-16-8-11(17(19,20)21)3-5-13(14)16/h2-9H,1H3,(H,22,23). The van der Waals surface area contributed by atoms with Crippen LogP contribution in [0.15, 0.2) is 48.7 Å². The predicted molar refractivity (Wildman–Crippen MR) is 81.2 cm³/mol. The van der Waals surface area contributed by atoms with Crippen molar-refractivity contribution in [3.8, 4) is 0 Å². The van der Waals surface area contributed by atoms with Crippen LogP contribution in [-0.4, -0.2) is 4.98 Å². The molecule has 1 heterocycles. The van der Waals surface area contributed by atoms with Gasteiger partial charge in [0.2, 0.25) is 0 Å². The molecule has 0 aliphatic heterocycles. The molecule has 3 aromatic rings. The highest BCUT2D eigenvalue weighted by atomic mass is 19.4. The number of fused-ring (bicyclic) bond motifs is 1. The highest BCUT2D eigenvalue weighted by molar-refractivity contribution is 5.93. The summed E-state index contributed by atoms with van der Waals surface area (Å²) in [5.41, 5.74) is 1.41. The Morgan fingerprint density at radius 1 is 0.957 bits per heavy atom. The van der Waals surface area contributed by atoms with Gasteiger partial charge in [-0.05, 0) is 42.8 Å². The minimum absolute atomic E-state index is 0.221. The van der Waals surface area contributed by atoms with Crippen molar-refractivity contribution in [3.63, 3.8) is 0 Å². The van der Waals surface area contributed by atoms with Gasteiger partial charge in [0.15, 0.2) is 0 Å². The van der Waals surface area contributed by atoms with E-state index >= 15 is 0 Å². The Morgan fingerprint density at radius 3 is 2.48 bits per heavy atom. The van der Waals surface area contributed by atoms with Gasteiger partial charge in [-0.2, -0.15) is 13.2 Å². The van der Waals surface area contributed by atoms with E-state index in [0.29, 0.717) is 16.8 Å². The maximum atomic E-state index is 13.4. The average molecular weight is 320 g/mol. The fraction of sp³-hybridized carbons (Fsp3) is 0.118. The molecule has 0 spiro atoms. The number of pyridine rings is 1. The molecule has 2 nitrogen and oxygen atoms in total. The van der Waals surface area contributed by atoms with Crippen LogP contribution < -0.4 is 5.32 Å². The van der Waals surface area contributed by atoms with Gasteiger partial charge in [-0.25, -0.2) is 4.39 Å². The summed E-state index contributed by atoms with van der Waals surface area (Å²) in [5.74, 6) is -0.393. The van der Waals surface area contributed by atoms with Gasteiger partial charge >= 0.3 is 6.18 Å². The monoisotopic (exact) mass is 320 g/mol. The lowest BCUT2D eigenvalue weighted by Gasteiger charge is -2.13. The van der Waals surface area contributed by atoms with E-state index in [1.165, 1.54) is 24.4 Å². The zero-order valence-electron chi connectivity index (χ0n) is 12.1. The first-order chi connectivity index (χ1) is 10.8. The van der Waals surface area contributed by atoms with Crippen molar-refractivity contribution in [2.75, 3.05) is 5.32 Å². The Hall–Kier alpha value is -2.63. The molecule has 1 aromatic heterocycles. The number of benzene rings is 2. The maximum absolute atomic E-state index is 13.4. The Kier molecular flexibility index (Phi) is 3.67. The third-order valence-corrected chi connectivity index (χ3v) is 3.54. The first-order valence-electron chi connectivity index (χ1n) is 6.84. The molecule has 3 rings (SSSR count). The Labute approximate surface area is 129 Å². The molecule has 0 fully saturated rings. The zero-order chi connectivity index (χ0) is 16.6. The van der Waals surface area contributed by atoms with Crippen LogP contribution >= 0.6 is 0 Å². The number of aromatic nitrogens is 1. The molecule has 0 atom stereocenters. The molecule has 2 aromatic carbocycles. The van der Waals surface area contributed by atoms with Crippen molar-refractivity contribution in [1.82, 2.24) is 4.98 Å². The molecule has 0 saturated carbocycles. The minimum atomic E-state index is -4.42. The number of hydrogen-bond donors (Lipinski definition) is 1. The predicted octanol–water partition coefficient (Wildman–Crippen LogP) is 5.44. The van der Waals surface area contributed by atoms with E-state index in [9.17, 15) is 17.6 Å². The van der Waals surface area contributed by atoms with Gasteiger partial charge in [0, 0.05) is 23.0 Å². The van der Waals surface area contributed by atoms with Crippen LogP contribution in [0.1, 0.15) is 11.1 Å². The van der Waals surface area contributed by atoms with Gasteiger partial charge in [0.1, 0.15) is 5.82 Å². The zero-order valence-corrected chi connectivity index (χ0v) is 12.1. The Balaban J connectivity index is 2.06. The lowest BCUT2D eigenvalue weighted by molar-refractivity contribution is -0.137. The second-order valence-corrected chi connectivity index (χ2v) is 5.17. The molecule has 0 saturated heterocycles. The smallest absolute Gasteiger partial charge is 0.355 e. The van der Waals surface area contributed by atoms with Crippen molar-refractivity contribution >= 4 is 22.3 Å². The summed E-state index contributed by atoms with van der Waals surface area (Å²) >= 11 is 0. The van der Waals surface area contributed by atoms with Gasteiger partial charge in [-0.15, -0.1) is 0 Å². The van der Waals surface area contributed by atoms with Crippen LogP contribution in [-0.2, 0) is 6.18 Å². The summed E-state index contributed by atoms with van der Waals surface area (Å²) in [6.07, 6.45) is -3.00. The van der Waals surface area contributed by atoms with Gasteiger partial charge < -0.3 is 5.32 Å². The van der Waals surface area contributed by atoms with Crippen LogP contribution in [0.25, 0.3) is 10.9 Å². The lowest BCUT2D eigenvalue weighted by atomic mass is 10.1. The molecular formula is C17H12F4N2. The summed E-state index contributed by atoms with van der Waals surface area (Å²) in [7, 11) is 0. The van der Waals surface area contributed by atoms with Crippen LogP contribution in [0.4, 0.5) is 28.9 Å². The van der Waals surface area contributed by atoms with E-state index in [1.54, 1.807) is 12.1 Å². The summed E-state index contributed by atoms with van der Waals surface area (Å²) in [6, 6.07) is 9.32. The number of hydrogen-bond acceptors (Lipinski definition) is 2. The molecule has 0 aliphatic rings. The minimum Gasteiger partial charge on any atom is -0.355 e. The van der Waals surface area contributed by atoms with Crippen molar-refractivity contribution in [1.29, 1.82) is 0 Å². The quantitative estimate of drug-likeness (QED) is 0.636. The van der Waals surface area contributed by atoms with Gasteiger partial charge in [0.25, 0.3) is 0 Å². The van der Waals surface area contributed by atoms with Crippen LogP contribution in [0.2, 0.25) is 0 Å². The highest BCUT2D eigenvalue weighted by Gasteiger charge is 2.30. The van der Waals surface area contributed by atoms with E-state index in [4.69, 9.17) is 0 Å². The van der Waals surface area contributed by atoms with Crippen LogP contribution in [0, 0.1) is 12.7 Å². The van der Waals surface area contributed by atoms with Gasteiger partial charge in [0.05, 0.1) is 11.1 Å². The molecule has 1 N–H and O–H groups in total. The van der Waals surface area contributed by atoms with Crippen molar-refractivity contribution in [2.45, 2.75) is 13.1 Å². The van der Waals surface area contributed by atoms with E-state index in [-0.39, 0.29) is 5.52 Å². The number of nitrogens with one attached hydrogen (secondary N) is 1. The third kappa shape index (κ3) is 3.11.